The summed E-state index contributed by atoms with van der Waals surface area (Å²) in [6.45, 7) is 1.53. The first-order chi connectivity index (χ1) is 9.54. The van der Waals surface area contributed by atoms with Gasteiger partial charge in [-0.2, -0.15) is 13.2 Å². The van der Waals surface area contributed by atoms with E-state index in [9.17, 15) is 13.2 Å². The van der Waals surface area contributed by atoms with Gasteiger partial charge in [-0.25, -0.2) is 0 Å². The van der Waals surface area contributed by atoms with Crippen LogP contribution in [0.15, 0.2) is 12.1 Å². The van der Waals surface area contributed by atoms with Crippen molar-refractivity contribution in [3.05, 3.63) is 34.4 Å². The highest BCUT2D eigenvalue weighted by molar-refractivity contribution is 5.85. The number of alkyl halides is 3. The highest BCUT2D eigenvalue weighted by Gasteiger charge is 2.42. The highest BCUT2D eigenvalue weighted by atomic mass is 35.5. The first-order valence-electron chi connectivity index (χ1n) is 7.10. The molecule has 116 valence electrons. The fourth-order valence-corrected chi connectivity index (χ4v) is 3.45. The van der Waals surface area contributed by atoms with Gasteiger partial charge < -0.3 is 10.1 Å². The van der Waals surface area contributed by atoms with E-state index in [0.29, 0.717) is 18.0 Å². The zero-order valence-corrected chi connectivity index (χ0v) is 12.2. The van der Waals surface area contributed by atoms with Gasteiger partial charge in [0.2, 0.25) is 0 Å². The van der Waals surface area contributed by atoms with E-state index in [0.717, 1.165) is 30.5 Å². The molecule has 1 saturated carbocycles. The van der Waals surface area contributed by atoms with Crippen molar-refractivity contribution in [1.29, 1.82) is 0 Å². The van der Waals surface area contributed by atoms with Crippen LogP contribution in [0.5, 0.6) is 0 Å². The molecular formula is C15H17ClF3NO. The zero-order valence-electron chi connectivity index (χ0n) is 11.4. The number of fused-ring (bicyclic) bond motifs is 3. The van der Waals surface area contributed by atoms with Crippen molar-refractivity contribution >= 4 is 12.4 Å². The van der Waals surface area contributed by atoms with E-state index >= 15 is 0 Å². The number of nitrogens with one attached hydrogen (secondary N) is 1. The molecule has 4 rings (SSSR count). The van der Waals surface area contributed by atoms with Crippen LogP contribution in [0.2, 0.25) is 0 Å². The lowest BCUT2D eigenvalue weighted by Crippen LogP contribution is -2.29. The minimum Gasteiger partial charge on any atom is -0.372 e. The van der Waals surface area contributed by atoms with E-state index in [1.165, 1.54) is 6.07 Å². The van der Waals surface area contributed by atoms with E-state index in [1.54, 1.807) is 0 Å². The molecule has 1 aromatic rings. The summed E-state index contributed by atoms with van der Waals surface area (Å²) in [4.78, 5) is 0. The zero-order chi connectivity index (χ0) is 13.9. The van der Waals surface area contributed by atoms with Gasteiger partial charge in [0.1, 0.15) is 0 Å². The molecule has 21 heavy (non-hydrogen) atoms. The van der Waals surface area contributed by atoms with Gasteiger partial charge in [0, 0.05) is 19.0 Å². The highest BCUT2D eigenvalue weighted by Crippen LogP contribution is 2.47. The largest absolute Gasteiger partial charge is 0.416 e. The van der Waals surface area contributed by atoms with E-state index in [2.05, 4.69) is 5.32 Å². The second kappa shape index (κ2) is 5.14. The SMILES string of the molecule is Cl.FC(F)(F)c1cc(C2CC2)cc2c1CO[C@H]1CNC[C@@H]21. The van der Waals surface area contributed by atoms with Crippen LogP contribution < -0.4 is 5.32 Å². The maximum atomic E-state index is 13.3. The predicted octanol–water partition coefficient (Wildman–Crippen LogP) is 3.59. The lowest BCUT2D eigenvalue weighted by Gasteiger charge is -2.31. The molecule has 2 aliphatic heterocycles. The summed E-state index contributed by atoms with van der Waals surface area (Å²) in [5, 5.41) is 3.22. The smallest absolute Gasteiger partial charge is 0.372 e. The van der Waals surface area contributed by atoms with Crippen LogP contribution in [0.4, 0.5) is 13.2 Å². The van der Waals surface area contributed by atoms with Crippen molar-refractivity contribution in [2.75, 3.05) is 13.1 Å². The van der Waals surface area contributed by atoms with Crippen molar-refractivity contribution in [1.82, 2.24) is 5.32 Å². The van der Waals surface area contributed by atoms with E-state index < -0.39 is 11.7 Å². The molecule has 3 aliphatic rings. The van der Waals surface area contributed by atoms with E-state index in [4.69, 9.17) is 4.74 Å². The maximum absolute atomic E-state index is 13.3. The number of halogens is 4. The van der Waals surface area contributed by atoms with Crippen LogP contribution in [0.3, 0.4) is 0 Å². The summed E-state index contributed by atoms with van der Waals surface area (Å²) in [6, 6.07) is 3.36. The van der Waals surface area contributed by atoms with Gasteiger partial charge >= 0.3 is 6.18 Å². The quantitative estimate of drug-likeness (QED) is 0.854. The number of hydrogen-bond acceptors (Lipinski definition) is 2. The lowest BCUT2D eigenvalue weighted by molar-refractivity contribution is -0.139. The monoisotopic (exact) mass is 319 g/mol. The molecule has 0 spiro atoms. The predicted molar refractivity (Wildman–Crippen MR) is 74.9 cm³/mol. The van der Waals surface area contributed by atoms with E-state index in [-0.39, 0.29) is 31.0 Å². The molecule has 6 heteroatoms. The second-order valence-electron chi connectivity index (χ2n) is 6.02. The third kappa shape index (κ3) is 2.56. The molecule has 0 amide bonds. The van der Waals surface area contributed by atoms with Gasteiger partial charge in [0.25, 0.3) is 0 Å². The van der Waals surface area contributed by atoms with Crippen LogP contribution in [-0.2, 0) is 17.5 Å². The number of rotatable bonds is 1. The van der Waals surface area contributed by atoms with Crippen molar-refractivity contribution in [2.45, 2.75) is 43.6 Å². The maximum Gasteiger partial charge on any atom is 0.416 e. The van der Waals surface area contributed by atoms with E-state index in [1.807, 2.05) is 6.07 Å². The Balaban J connectivity index is 0.00000132. The van der Waals surface area contributed by atoms with Crippen LogP contribution in [0.25, 0.3) is 0 Å². The van der Waals surface area contributed by atoms with Gasteiger partial charge in [-0.1, -0.05) is 6.07 Å². The average Bonchev–Trinajstić information content (AvgIpc) is 3.13. The Bertz CT molecular complexity index is 557. The van der Waals surface area contributed by atoms with Gasteiger partial charge in [-0.15, -0.1) is 12.4 Å². The second-order valence-corrected chi connectivity index (χ2v) is 6.02. The van der Waals surface area contributed by atoms with Crippen molar-refractivity contribution in [3.8, 4) is 0 Å². The summed E-state index contributed by atoms with van der Waals surface area (Å²) < 4.78 is 45.6. The van der Waals surface area contributed by atoms with Gasteiger partial charge in [0.15, 0.2) is 0 Å². The summed E-state index contributed by atoms with van der Waals surface area (Å²) in [7, 11) is 0. The Morgan fingerprint density at radius 3 is 2.57 bits per heavy atom. The third-order valence-electron chi connectivity index (χ3n) is 4.66. The van der Waals surface area contributed by atoms with Crippen LogP contribution in [0, 0.1) is 0 Å². The number of hydrogen-bond donors (Lipinski definition) is 1. The fourth-order valence-electron chi connectivity index (χ4n) is 3.45. The van der Waals surface area contributed by atoms with Gasteiger partial charge in [0.05, 0.1) is 18.3 Å². The lowest BCUT2D eigenvalue weighted by atomic mass is 9.84. The van der Waals surface area contributed by atoms with Crippen LogP contribution in [0.1, 0.15) is 46.9 Å². The average molecular weight is 320 g/mol. The molecule has 1 saturated heterocycles. The Morgan fingerprint density at radius 1 is 1.14 bits per heavy atom. The molecule has 1 N–H and O–H groups in total. The molecule has 1 aromatic carbocycles. The minimum absolute atomic E-state index is 0. The number of ether oxygens (including phenoxy) is 1. The van der Waals surface area contributed by atoms with Gasteiger partial charge in [-0.05, 0) is 41.5 Å². The molecule has 2 nitrogen and oxygen atoms in total. The first kappa shape index (κ1) is 15.1. The Labute approximate surface area is 127 Å². The molecule has 1 aliphatic carbocycles. The minimum atomic E-state index is -4.29. The van der Waals surface area contributed by atoms with Crippen molar-refractivity contribution in [2.24, 2.45) is 0 Å². The summed E-state index contributed by atoms with van der Waals surface area (Å²) in [5.41, 5.74) is 1.60. The topological polar surface area (TPSA) is 21.3 Å². The molecule has 0 bridgehead atoms. The number of benzene rings is 1. The molecule has 2 atom stereocenters. The Kier molecular flexibility index (Phi) is 3.71. The molecule has 0 unspecified atom stereocenters. The van der Waals surface area contributed by atoms with Crippen LogP contribution in [-0.4, -0.2) is 19.2 Å². The molecular weight excluding hydrogens is 303 g/mol. The third-order valence-corrected chi connectivity index (χ3v) is 4.66. The summed E-state index contributed by atoms with van der Waals surface area (Å²) in [5.74, 6) is 0.399. The van der Waals surface area contributed by atoms with Crippen molar-refractivity contribution in [3.63, 3.8) is 0 Å². The Morgan fingerprint density at radius 2 is 1.90 bits per heavy atom. The molecule has 2 heterocycles. The first-order valence-corrected chi connectivity index (χ1v) is 7.10. The summed E-state index contributed by atoms with van der Waals surface area (Å²) >= 11 is 0. The molecule has 0 aromatic heterocycles. The van der Waals surface area contributed by atoms with Crippen molar-refractivity contribution < 1.29 is 17.9 Å². The van der Waals surface area contributed by atoms with Crippen LogP contribution >= 0.6 is 12.4 Å². The fraction of sp³-hybridized carbons (Fsp3) is 0.600. The normalized spacial score (nSPS) is 27.8. The molecule has 0 radical (unpaired) electrons. The standard InChI is InChI=1S/C15H16F3NO.ClH/c16-15(17,18)13-4-9(8-1-2-8)3-10-11-5-19-6-14(11)20-7-12(10)13;/h3-4,8,11,14,19H,1-2,5-7H2;1H/t11-,14-;/m0./s1. The Hall–Kier alpha value is -0.780. The molecule has 2 fully saturated rings. The van der Waals surface area contributed by atoms with Gasteiger partial charge in [-0.3, -0.25) is 0 Å². The summed E-state index contributed by atoms with van der Waals surface area (Å²) in [6.07, 6.45) is -2.24.